The molecule has 0 spiro atoms. The average molecular weight is 529 g/mol. The average Bonchev–Trinajstić information content (AvgIpc) is 2.91. The maximum absolute atomic E-state index is 13.2. The molecular formula is C30H35F3N2O3. The minimum absolute atomic E-state index is 0.116. The fourth-order valence-electron chi connectivity index (χ4n) is 5.64. The van der Waals surface area contributed by atoms with Crippen LogP contribution in [0.5, 0.6) is 5.75 Å². The van der Waals surface area contributed by atoms with Gasteiger partial charge in [-0.2, -0.15) is 13.2 Å². The molecule has 1 aromatic heterocycles. The van der Waals surface area contributed by atoms with Gasteiger partial charge in [0.15, 0.2) is 0 Å². The zero-order valence-electron chi connectivity index (χ0n) is 21.7. The van der Waals surface area contributed by atoms with Crippen LogP contribution in [-0.2, 0) is 23.8 Å². The van der Waals surface area contributed by atoms with Gasteiger partial charge in [-0.1, -0.05) is 18.2 Å². The molecule has 1 saturated heterocycles. The molecule has 4 rings (SSSR count). The number of piperidine rings is 1. The van der Waals surface area contributed by atoms with E-state index in [0.717, 1.165) is 61.4 Å². The summed E-state index contributed by atoms with van der Waals surface area (Å²) in [5, 5.41) is 11.0. The summed E-state index contributed by atoms with van der Waals surface area (Å²) in [5.41, 5.74) is 1.86. The third-order valence-corrected chi connectivity index (χ3v) is 7.71. The van der Waals surface area contributed by atoms with Crippen LogP contribution in [0.4, 0.5) is 13.2 Å². The van der Waals surface area contributed by atoms with Crippen molar-refractivity contribution in [2.75, 3.05) is 26.7 Å². The van der Waals surface area contributed by atoms with Gasteiger partial charge in [0.05, 0.1) is 24.1 Å². The smallest absolute Gasteiger partial charge is 0.416 e. The van der Waals surface area contributed by atoms with Crippen LogP contribution in [0, 0.1) is 11.8 Å². The Labute approximate surface area is 221 Å². The van der Waals surface area contributed by atoms with Crippen LogP contribution in [0.3, 0.4) is 0 Å². The van der Waals surface area contributed by atoms with Gasteiger partial charge in [0.25, 0.3) is 0 Å². The maximum atomic E-state index is 13.2. The van der Waals surface area contributed by atoms with Gasteiger partial charge < -0.3 is 14.7 Å². The second kappa shape index (κ2) is 12.6. The third kappa shape index (κ3) is 7.04. The number of carboxylic acid groups (broad SMARTS) is 1. The first kappa shape index (κ1) is 27.9. The Morgan fingerprint density at radius 3 is 2.63 bits per heavy atom. The fourth-order valence-corrected chi connectivity index (χ4v) is 5.64. The van der Waals surface area contributed by atoms with Gasteiger partial charge in [-0.05, 0) is 105 Å². The zero-order valence-corrected chi connectivity index (χ0v) is 21.7. The van der Waals surface area contributed by atoms with Crippen molar-refractivity contribution in [1.29, 1.82) is 0 Å². The van der Waals surface area contributed by atoms with Gasteiger partial charge in [0.2, 0.25) is 0 Å². The van der Waals surface area contributed by atoms with Gasteiger partial charge >= 0.3 is 12.1 Å². The molecule has 0 radical (unpaired) electrons. The van der Waals surface area contributed by atoms with E-state index in [1.165, 1.54) is 11.6 Å². The highest BCUT2D eigenvalue weighted by molar-refractivity contribution is 5.83. The molecule has 0 unspecified atom stereocenters. The number of methoxy groups -OCH3 is 1. The van der Waals surface area contributed by atoms with Crippen molar-refractivity contribution in [3.05, 3.63) is 71.4 Å². The summed E-state index contributed by atoms with van der Waals surface area (Å²) in [6.07, 6.45) is 2.60. The number of carbonyl (C=O) groups is 1. The van der Waals surface area contributed by atoms with Crippen LogP contribution >= 0.6 is 0 Å². The number of likely N-dealkylation sites (tertiary alicyclic amines) is 1. The van der Waals surface area contributed by atoms with Gasteiger partial charge in [-0.3, -0.25) is 9.78 Å². The Morgan fingerprint density at radius 1 is 1.08 bits per heavy atom. The number of aryl methyl sites for hydroxylation is 2. The lowest BCUT2D eigenvalue weighted by Crippen LogP contribution is -2.44. The quantitative estimate of drug-likeness (QED) is 0.283. The van der Waals surface area contributed by atoms with Crippen molar-refractivity contribution in [1.82, 2.24) is 9.88 Å². The first-order chi connectivity index (χ1) is 18.3. The van der Waals surface area contributed by atoms with E-state index in [1.54, 1.807) is 19.2 Å². The van der Waals surface area contributed by atoms with Gasteiger partial charge in [-0.25, -0.2) is 0 Å². The van der Waals surface area contributed by atoms with E-state index in [0.29, 0.717) is 31.5 Å². The van der Waals surface area contributed by atoms with Crippen LogP contribution in [0.1, 0.15) is 48.8 Å². The number of ether oxygens (including phenoxy) is 1. The van der Waals surface area contributed by atoms with E-state index in [4.69, 9.17) is 4.74 Å². The fraction of sp³-hybridized carbons (Fsp3) is 0.467. The lowest BCUT2D eigenvalue weighted by molar-refractivity contribution is -0.146. The van der Waals surface area contributed by atoms with E-state index >= 15 is 0 Å². The van der Waals surface area contributed by atoms with Crippen molar-refractivity contribution in [3.63, 3.8) is 0 Å². The molecule has 2 atom stereocenters. The SMILES string of the molecule is COc1ccc2nccc(CCC[C@@H]3CCN(CCCCc4ccccc4C(F)(F)F)C[C@@H]3C(=O)O)c2c1. The number of hydrogen-bond acceptors (Lipinski definition) is 4. The molecule has 0 aliphatic carbocycles. The summed E-state index contributed by atoms with van der Waals surface area (Å²) < 4.78 is 45.0. The molecule has 5 nitrogen and oxygen atoms in total. The minimum atomic E-state index is -4.34. The molecule has 8 heteroatoms. The first-order valence-electron chi connectivity index (χ1n) is 13.3. The van der Waals surface area contributed by atoms with E-state index in [9.17, 15) is 23.1 Å². The van der Waals surface area contributed by atoms with Crippen molar-refractivity contribution < 1.29 is 27.8 Å². The number of unbranched alkanes of at least 4 members (excludes halogenated alkanes) is 1. The Hall–Kier alpha value is -3.13. The number of pyridine rings is 1. The molecule has 2 heterocycles. The molecule has 1 N–H and O–H groups in total. The Morgan fingerprint density at radius 2 is 1.87 bits per heavy atom. The predicted molar refractivity (Wildman–Crippen MR) is 141 cm³/mol. The molecular weight excluding hydrogens is 493 g/mol. The number of fused-ring (bicyclic) bond motifs is 1. The van der Waals surface area contributed by atoms with Gasteiger partial charge in [0, 0.05) is 18.1 Å². The monoisotopic (exact) mass is 528 g/mol. The van der Waals surface area contributed by atoms with Crippen LogP contribution < -0.4 is 4.74 Å². The van der Waals surface area contributed by atoms with Crippen LogP contribution in [0.25, 0.3) is 10.9 Å². The van der Waals surface area contributed by atoms with Crippen LogP contribution in [0.15, 0.2) is 54.7 Å². The van der Waals surface area contributed by atoms with Gasteiger partial charge in [0.1, 0.15) is 5.75 Å². The Kier molecular flexibility index (Phi) is 9.26. The predicted octanol–water partition coefficient (Wildman–Crippen LogP) is 6.63. The normalized spacial score (nSPS) is 18.5. The van der Waals surface area contributed by atoms with Crippen molar-refractivity contribution in [2.24, 2.45) is 11.8 Å². The molecule has 204 valence electrons. The standard InChI is InChI=1S/C30H35F3N2O3/c1-38-24-12-13-28-25(19-24)21(14-16-34-28)9-6-10-22-15-18-35(20-26(22)29(36)37)17-5-4-8-23-7-2-3-11-27(23)30(31,32)33/h2-3,7,11-14,16,19,22,26H,4-6,8-10,15,17-18,20H2,1H3,(H,36,37)/t22-,26+/m1/s1. The van der Waals surface area contributed by atoms with E-state index < -0.39 is 23.6 Å². The number of carboxylic acids is 1. The third-order valence-electron chi connectivity index (χ3n) is 7.71. The summed E-state index contributed by atoms with van der Waals surface area (Å²) in [5.74, 6) is -0.290. The lowest BCUT2D eigenvalue weighted by Gasteiger charge is -2.36. The highest BCUT2D eigenvalue weighted by Crippen LogP contribution is 2.33. The topological polar surface area (TPSA) is 62.7 Å². The minimum Gasteiger partial charge on any atom is -0.497 e. The summed E-state index contributed by atoms with van der Waals surface area (Å²) in [6.45, 7) is 2.02. The molecule has 0 saturated carbocycles. The Bertz CT molecular complexity index is 1230. The summed E-state index contributed by atoms with van der Waals surface area (Å²) in [4.78, 5) is 18.7. The van der Waals surface area contributed by atoms with Crippen molar-refractivity contribution >= 4 is 16.9 Å². The number of hydrogen-bond donors (Lipinski definition) is 1. The van der Waals surface area contributed by atoms with Crippen LogP contribution in [-0.4, -0.2) is 47.7 Å². The number of benzene rings is 2. The summed E-state index contributed by atoms with van der Waals surface area (Å²) in [6, 6.07) is 13.6. The van der Waals surface area contributed by atoms with Crippen molar-refractivity contribution in [2.45, 2.75) is 51.1 Å². The van der Waals surface area contributed by atoms with Crippen LogP contribution in [0.2, 0.25) is 0 Å². The molecule has 0 amide bonds. The highest BCUT2D eigenvalue weighted by atomic mass is 19.4. The Balaban J connectivity index is 1.26. The van der Waals surface area contributed by atoms with E-state index in [2.05, 4.69) is 9.88 Å². The number of halogens is 3. The van der Waals surface area contributed by atoms with E-state index in [1.807, 2.05) is 30.5 Å². The molecule has 3 aromatic rings. The number of nitrogens with zero attached hydrogens (tertiary/aromatic N) is 2. The number of aromatic nitrogens is 1. The summed E-state index contributed by atoms with van der Waals surface area (Å²) in [7, 11) is 1.64. The second-order valence-corrected chi connectivity index (χ2v) is 10.2. The number of alkyl halides is 3. The molecule has 1 aliphatic heterocycles. The molecule has 1 fully saturated rings. The lowest BCUT2D eigenvalue weighted by atomic mass is 9.81. The molecule has 1 aliphatic rings. The summed E-state index contributed by atoms with van der Waals surface area (Å²) >= 11 is 0. The zero-order chi connectivity index (χ0) is 27.1. The van der Waals surface area contributed by atoms with Gasteiger partial charge in [-0.15, -0.1) is 0 Å². The second-order valence-electron chi connectivity index (χ2n) is 10.2. The highest BCUT2D eigenvalue weighted by Gasteiger charge is 2.34. The van der Waals surface area contributed by atoms with E-state index in [-0.39, 0.29) is 5.92 Å². The number of rotatable bonds is 11. The largest absolute Gasteiger partial charge is 0.497 e. The number of aliphatic carboxylic acids is 1. The molecule has 38 heavy (non-hydrogen) atoms. The molecule has 0 bridgehead atoms. The maximum Gasteiger partial charge on any atom is 0.416 e. The first-order valence-corrected chi connectivity index (χ1v) is 13.3. The van der Waals surface area contributed by atoms with Crippen molar-refractivity contribution in [3.8, 4) is 5.75 Å². The molecule has 2 aromatic carbocycles.